The van der Waals surface area contributed by atoms with Crippen LogP contribution in [0.2, 0.25) is 0 Å². The van der Waals surface area contributed by atoms with Crippen LogP contribution in [-0.4, -0.2) is 0 Å². The average molecular weight is 170 g/mol. The summed E-state index contributed by atoms with van der Waals surface area (Å²) in [5.74, 6) is -0.157. The van der Waals surface area contributed by atoms with Crippen molar-refractivity contribution in [3.8, 4) is 12.1 Å². The monoisotopic (exact) mass is 170 g/mol. The lowest BCUT2D eigenvalue weighted by molar-refractivity contribution is 0.815. The molecule has 1 aromatic rings. The summed E-state index contributed by atoms with van der Waals surface area (Å²) in [6.45, 7) is 1.95. The van der Waals surface area contributed by atoms with Gasteiger partial charge in [-0.2, -0.15) is 10.5 Å². The molecule has 0 bridgehead atoms. The number of benzene rings is 1. The largest absolute Gasteiger partial charge is 0.198 e. The van der Waals surface area contributed by atoms with Crippen molar-refractivity contribution >= 4 is 0 Å². The highest BCUT2D eigenvalue weighted by Gasteiger charge is 2.11. The first-order valence-electron chi connectivity index (χ1n) is 4.22. The summed E-state index contributed by atoms with van der Waals surface area (Å²) in [5, 5.41) is 17.6. The van der Waals surface area contributed by atoms with E-state index in [-0.39, 0.29) is 5.92 Å². The molecule has 0 amide bonds. The van der Waals surface area contributed by atoms with Gasteiger partial charge >= 0.3 is 0 Å². The molecule has 1 rings (SSSR count). The minimum atomic E-state index is -0.157. The first-order valence-corrected chi connectivity index (χ1v) is 4.22. The van der Waals surface area contributed by atoms with Crippen molar-refractivity contribution in [3.05, 3.63) is 35.4 Å². The van der Waals surface area contributed by atoms with Gasteiger partial charge in [0.15, 0.2) is 0 Å². The smallest absolute Gasteiger partial charge is 0.0995 e. The minimum Gasteiger partial charge on any atom is -0.198 e. The molecule has 0 N–H and O–H groups in total. The number of hydrogen-bond donors (Lipinski definition) is 0. The molecule has 13 heavy (non-hydrogen) atoms. The second-order valence-corrected chi connectivity index (χ2v) is 2.79. The van der Waals surface area contributed by atoms with Crippen LogP contribution >= 0.6 is 0 Å². The van der Waals surface area contributed by atoms with E-state index in [1.54, 1.807) is 6.07 Å². The third-order valence-electron chi connectivity index (χ3n) is 2.02. The van der Waals surface area contributed by atoms with Crippen LogP contribution in [0.25, 0.3) is 0 Å². The summed E-state index contributed by atoms with van der Waals surface area (Å²) in [7, 11) is 0. The molecule has 1 atom stereocenters. The second-order valence-electron chi connectivity index (χ2n) is 2.79. The van der Waals surface area contributed by atoms with E-state index in [9.17, 15) is 0 Å². The van der Waals surface area contributed by atoms with E-state index in [0.717, 1.165) is 12.0 Å². The maximum Gasteiger partial charge on any atom is 0.0995 e. The Morgan fingerprint density at radius 1 is 1.31 bits per heavy atom. The van der Waals surface area contributed by atoms with Gasteiger partial charge in [0.25, 0.3) is 0 Å². The fourth-order valence-electron chi connectivity index (χ4n) is 1.28. The summed E-state index contributed by atoms with van der Waals surface area (Å²) in [4.78, 5) is 0. The van der Waals surface area contributed by atoms with Gasteiger partial charge in [-0.1, -0.05) is 25.1 Å². The molecule has 64 valence electrons. The van der Waals surface area contributed by atoms with Gasteiger partial charge in [-0.3, -0.25) is 0 Å². The predicted molar refractivity (Wildman–Crippen MR) is 49.8 cm³/mol. The molecule has 0 saturated carbocycles. The van der Waals surface area contributed by atoms with Crippen molar-refractivity contribution in [3.63, 3.8) is 0 Å². The van der Waals surface area contributed by atoms with E-state index in [1.807, 2.05) is 25.1 Å². The third-order valence-corrected chi connectivity index (χ3v) is 2.02. The standard InChI is InChI=1S/C11H10N2/c1-2-9(7-12)11-6-4-3-5-10(11)8-13/h3-6,9H,2H2,1H3/t9-/m0/s1. The van der Waals surface area contributed by atoms with Gasteiger partial charge in [-0.15, -0.1) is 0 Å². The molecule has 2 nitrogen and oxygen atoms in total. The quantitative estimate of drug-likeness (QED) is 0.684. The molecular formula is C11H10N2. The van der Waals surface area contributed by atoms with E-state index in [1.165, 1.54) is 0 Å². The SMILES string of the molecule is CC[C@@H](C#N)c1ccccc1C#N. The molecule has 0 aliphatic rings. The molecule has 0 aliphatic heterocycles. The molecule has 0 spiro atoms. The van der Waals surface area contributed by atoms with Crippen LogP contribution in [0.1, 0.15) is 30.4 Å². The lowest BCUT2D eigenvalue weighted by atomic mass is 9.94. The maximum atomic E-state index is 8.84. The van der Waals surface area contributed by atoms with Crippen LogP contribution in [0.15, 0.2) is 24.3 Å². The Kier molecular flexibility index (Phi) is 3.06. The Labute approximate surface area is 78.0 Å². The van der Waals surface area contributed by atoms with Crippen LogP contribution < -0.4 is 0 Å². The Bertz CT molecular complexity index is 368. The van der Waals surface area contributed by atoms with Crippen molar-refractivity contribution < 1.29 is 0 Å². The molecule has 0 radical (unpaired) electrons. The molecule has 0 heterocycles. The van der Waals surface area contributed by atoms with Gasteiger partial charge in [-0.25, -0.2) is 0 Å². The van der Waals surface area contributed by atoms with Crippen LogP contribution in [0.3, 0.4) is 0 Å². The van der Waals surface area contributed by atoms with Gasteiger partial charge < -0.3 is 0 Å². The van der Waals surface area contributed by atoms with Crippen LogP contribution in [-0.2, 0) is 0 Å². The number of nitriles is 2. The Morgan fingerprint density at radius 3 is 2.54 bits per heavy atom. The molecule has 0 fully saturated rings. The highest BCUT2D eigenvalue weighted by atomic mass is 14.3. The Hall–Kier alpha value is -1.80. The normalized spacial score (nSPS) is 11.3. The zero-order valence-corrected chi connectivity index (χ0v) is 7.49. The summed E-state index contributed by atoms with van der Waals surface area (Å²) < 4.78 is 0. The van der Waals surface area contributed by atoms with Gasteiger partial charge in [0.1, 0.15) is 0 Å². The van der Waals surface area contributed by atoms with Crippen molar-refractivity contribution in [1.29, 1.82) is 10.5 Å². The lowest BCUT2D eigenvalue weighted by Crippen LogP contribution is -1.96. The highest BCUT2D eigenvalue weighted by Crippen LogP contribution is 2.21. The maximum absolute atomic E-state index is 8.84. The zero-order valence-electron chi connectivity index (χ0n) is 7.49. The Morgan fingerprint density at radius 2 is 2.00 bits per heavy atom. The fourth-order valence-corrected chi connectivity index (χ4v) is 1.28. The van der Waals surface area contributed by atoms with Crippen molar-refractivity contribution in [2.75, 3.05) is 0 Å². The average Bonchev–Trinajstić information content (AvgIpc) is 2.20. The van der Waals surface area contributed by atoms with E-state index in [0.29, 0.717) is 5.56 Å². The van der Waals surface area contributed by atoms with Crippen molar-refractivity contribution in [1.82, 2.24) is 0 Å². The summed E-state index contributed by atoms with van der Waals surface area (Å²) in [6, 6.07) is 11.5. The third kappa shape index (κ3) is 1.86. The molecule has 2 heteroatoms. The molecule has 0 saturated heterocycles. The highest BCUT2D eigenvalue weighted by molar-refractivity contribution is 5.41. The second kappa shape index (κ2) is 4.28. The fraction of sp³-hybridized carbons (Fsp3) is 0.273. The molecule has 0 aromatic heterocycles. The minimum absolute atomic E-state index is 0.157. The molecule has 1 aromatic carbocycles. The van der Waals surface area contributed by atoms with Crippen LogP contribution in [0.4, 0.5) is 0 Å². The van der Waals surface area contributed by atoms with Gasteiger partial charge in [-0.05, 0) is 18.1 Å². The predicted octanol–water partition coefficient (Wildman–Crippen LogP) is 2.58. The van der Waals surface area contributed by atoms with Crippen molar-refractivity contribution in [2.45, 2.75) is 19.3 Å². The van der Waals surface area contributed by atoms with Crippen molar-refractivity contribution in [2.24, 2.45) is 0 Å². The van der Waals surface area contributed by atoms with Gasteiger partial charge in [0.2, 0.25) is 0 Å². The molecular weight excluding hydrogens is 160 g/mol. The summed E-state index contributed by atoms with van der Waals surface area (Å²) in [6.07, 6.45) is 0.745. The first-order chi connectivity index (χ1) is 6.33. The topological polar surface area (TPSA) is 47.6 Å². The van der Waals surface area contributed by atoms with Gasteiger partial charge in [0.05, 0.1) is 23.6 Å². The summed E-state index contributed by atoms with van der Waals surface area (Å²) in [5.41, 5.74) is 1.45. The van der Waals surface area contributed by atoms with E-state index in [2.05, 4.69) is 12.1 Å². The first kappa shape index (κ1) is 9.29. The van der Waals surface area contributed by atoms with E-state index >= 15 is 0 Å². The van der Waals surface area contributed by atoms with Gasteiger partial charge in [0, 0.05) is 0 Å². The molecule has 0 aliphatic carbocycles. The number of rotatable bonds is 2. The Balaban J connectivity index is 3.15. The molecule has 0 unspecified atom stereocenters. The zero-order chi connectivity index (χ0) is 9.68. The number of hydrogen-bond acceptors (Lipinski definition) is 2. The van der Waals surface area contributed by atoms with E-state index < -0.39 is 0 Å². The van der Waals surface area contributed by atoms with Crippen LogP contribution in [0, 0.1) is 22.7 Å². The van der Waals surface area contributed by atoms with E-state index in [4.69, 9.17) is 10.5 Å². The number of nitrogens with zero attached hydrogens (tertiary/aromatic N) is 2. The lowest BCUT2D eigenvalue weighted by Gasteiger charge is -2.07. The van der Waals surface area contributed by atoms with Crippen LogP contribution in [0.5, 0.6) is 0 Å². The summed E-state index contributed by atoms with van der Waals surface area (Å²) >= 11 is 0.